The standard InChI is InChI=1S/C23H17ClN2O5S/c1-13-8-16(10-19(14(13)2)26(29)30)20-7-6-18(31-20)11-21-22(27)25(23(28)32-21)12-15-4-3-5-17(24)9-15/h3-11H,12H2,1-2H3/b21-11-. The van der Waals surface area contributed by atoms with E-state index in [9.17, 15) is 19.7 Å². The molecule has 1 aliphatic heterocycles. The molecule has 0 radical (unpaired) electrons. The quantitative estimate of drug-likeness (QED) is 0.245. The van der Waals surface area contributed by atoms with Crippen LogP contribution in [0.25, 0.3) is 17.4 Å². The molecule has 2 aromatic carbocycles. The molecule has 0 bridgehead atoms. The van der Waals surface area contributed by atoms with Crippen LogP contribution in [0.4, 0.5) is 10.5 Å². The van der Waals surface area contributed by atoms with Crippen LogP contribution in [0.2, 0.25) is 5.02 Å². The van der Waals surface area contributed by atoms with Crippen LogP contribution in [0, 0.1) is 24.0 Å². The molecule has 2 heterocycles. The molecule has 7 nitrogen and oxygen atoms in total. The van der Waals surface area contributed by atoms with Crippen LogP contribution in [-0.4, -0.2) is 21.0 Å². The summed E-state index contributed by atoms with van der Waals surface area (Å²) in [4.78, 5) is 37.4. The van der Waals surface area contributed by atoms with Gasteiger partial charge in [-0.3, -0.25) is 24.6 Å². The van der Waals surface area contributed by atoms with Crippen molar-refractivity contribution in [2.75, 3.05) is 0 Å². The van der Waals surface area contributed by atoms with Crippen molar-refractivity contribution in [2.24, 2.45) is 0 Å². The fourth-order valence-electron chi connectivity index (χ4n) is 3.34. The van der Waals surface area contributed by atoms with E-state index in [2.05, 4.69) is 0 Å². The van der Waals surface area contributed by atoms with E-state index >= 15 is 0 Å². The molecule has 0 atom stereocenters. The molecule has 9 heteroatoms. The number of thioether (sulfide) groups is 1. The van der Waals surface area contributed by atoms with Crippen LogP contribution in [-0.2, 0) is 11.3 Å². The minimum atomic E-state index is -0.425. The van der Waals surface area contributed by atoms with E-state index in [-0.39, 0.29) is 22.4 Å². The fourth-order valence-corrected chi connectivity index (χ4v) is 4.37. The van der Waals surface area contributed by atoms with Gasteiger partial charge in [0.25, 0.3) is 16.8 Å². The van der Waals surface area contributed by atoms with Crippen molar-refractivity contribution in [2.45, 2.75) is 20.4 Å². The molecule has 1 aromatic heterocycles. The Morgan fingerprint density at radius 3 is 2.66 bits per heavy atom. The number of amides is 2. The van der Waals surface area contributed by atoms with E-state index in [4.69, 9.17) is 16.0 Å². The molecule has 0 aliphatic carbocycles. The molecular weight excluding hydrogens is 452 g/mol. The molecule has 0 spiro atoms. The Balaban J connectivity index is 1.58. The van der Waals surface area contributed by atoms with Gasteiger partial charge in [0.2, 0.25) is 0 Å². The van der Waals surface area contributed by atoms with Crippen LogP contribution in [0.5, 0.6) is 0 Å². The SMILES string of the molecule is Cc1cc(-c2ccc(/C=C3\SC(=O)N(Cc4cccc(Cl)c4)C3=O)o2)cc([N+](=O)[O-])c1C. The summed E-state index contributed by atoms with van der Waals surface area (Å²) in [5, 5.41) is 11.5. The van der Waals surface area contributed by atoms with Gasteiger partial charge >= 0.3 is 0 Å². The van der Waals surface area contributed by atoms with E-state index < -0.39 is 10.8 Å². The van der Waals surface area contributed by atoms with Crippen molar-refractivity contribution in [1.29, 1.82) is 0 Å². The number of nitro groups is 1. The number of rotatable bonds is 5. The van der Waals surface area contributed by atoms with Gasteiger partial charge in [-0.2, -0.15) is 0 Å². The van der Waals surface area contributed by atoms with E-state index in [1.54, 1.807) is 50.2 Å². The molecular formula is C23H17ClN2O5S. The first-order chi connectivity index (χ1) is 15.2. The van der Waals surface area contributed by atoms with Gasteiger partial charge in [0.15, 0.2) is 0 Å². The van der Waals surface area contributed by atoms with Gasteiger partial charge in [-0.05, 0) is 67.1 Å². The predicted molar refractivity (Wildman–Crippen MR) is 123 cm³/mol. The molecule has 0 unspecified atom stereocenters. The van der Waals surface area contributed by atoms with Gasteiger partial charge in [-0.15, -0.1) is 0 Å². The van der Waals surface area contributed by atoms with Crippen molar-refractivity contribution >= 4 is 46.3 Å². The van der Waals surface area contributed by atoms with Crippen LogP contribution >= 0.6 is 23.4 Å². The second kappa shape index (κ2) is 8.64. The first kappa shape index (κ1) is 21.9. The average Bonchev–Trinajstić information content (AvgIpc) is 3.30. The highest BCUT2D eigenvalue weighted by Gasteiger charge is 2.35. The smallest absolute Gasteiger partial charge is 0.293 e. The van der Waals surface area contributed by atoms with Gasteiger partial charge in [0, 0.05) is 28.3 Å². The van der Waals surface area contributed by atoms with Crippen molar-refractivity contribution in [3.05, 3.63) is 91.0 Å². The van der Waals surface area contributed by atoms with Crippen LogP contribution in [0.1, 0.15) is 22.5 Å². The number of nitrogens with zero attached hydrogens (tertiary/aromatic N) is 2. The van der Waals surface area contributed by atoms with Gasteiger partial charge in [-0.25, -0.2) is 0 Å². The number of carbonyl (C=O) groups excluding carboxylic acids is 2. The highest BCUT2D eigenvalue weighted by atomic mass is 35.5. The zero-order valence-corrected chi connectivity index (χ0v) is 18.7. The third kappa shape index (κ3) is 4.32. The average molecular weight is 469 g/mol. The normalized spacial score (nSPS) is 15.1. The Morgan fingerprint density at radius 2 is 1.94 bits per heavy atom. The third-order valence-corrected chi connectivity index (χ3v) is 6.27. The Bertz CT molecular complexity index is 1300. The zero-order valence-electron chi connectivity index (χ0n) is 17.1. The number of aryl methyl sites for hydroxylation is 1. The molecule has 0 saturated carbocycles. The summed E-state index contributed by atoms with van der Waals surface area (Å²) < 4.78 is 5.80. The highest BCUT2D eigenvalue weighted by Crippen LogP contribution is 2.35. The van der Waals surface area contributed by atoms with E-state index in [0.717, 1.165) is 27.8 Å². The second-order valence-corrected chi connectivity index (χ2v) is 8.72. The summed E-state index contributed by atoms with van der Waals surface area (Å²) in [7, 11) is 0. The molecule has 1 fully saturated rings. The summed E-state index contributed by atoms with van der Waals surface area (Å²) in [6.07, 6.45) is 1.50. The van der Waals surface area contributed by atoms with Crippen molar-refractivity contribution in [1.82, 2.24) is 4.90 Å². The lowest BCUT2D eigenvalue weighted by Gasteiger charge is -2.12. The summed E-state index contributed by atoms with van der Waals surface area (Å²) in [6, 6.07) is 13.6. The Hall–Kier alpha value is -3.36. The number of hydrogen-bond acceptors (Lipinski definition) is 6. The fraction of sp³-hybridized carbons (Fsp3) is 0.130. The van der Waals surface area contributed by atoms with Crippen LogP contribution in [0.3, 0.4) is 0 Å². The van der Waals surface area contributed by atoms with Crippen molar-refractivity contribution in [3.8, 4) is 11.3 Å². The van der Waals surface area contributed by atoms with Gasteiger partial charge < -0.3 is 4.42 Å². The molecule has 0 N–H and O–H groups in total. The first-order valence-electron chi connectivity index (χ1n) is 9.58. The number of benzene rings is 2. The molecule has 3 aromatic rings. The predicted octanol–water partition coefficient (Wildman–Crippen LogP) is 6.36. The minimum absolute atomic E-state index is 0.0140. The maximum atomic E-state index is 12.8. The highest BCUT2D eigenvalue weighted by molar-refractivity contribution is 8.18. The summed E-state index contributed by atoms with van der Waals surface area (Å²) in [5.74, 6) is 0.384. The summed E-state index contributed by atoms with van der Waals surface area (Å²) >= 11 is 6.81. The van der Waals surface area contributed by atoms with Crippen molar-refractivity contribution < 1.29 is 18.9 Å². The second-order valence-electron chi connectivity index (χ2n) is 7.29. The lowest BCUT2D eigenvalue weighted by Crippen LogP contribution is -2.27. The molecule has 162 valence electrons. The van der Waals surface area contributed by atoms with Gasteiger partial charge in [0.05, 0.1) is 16.4 Å². The van der Waals surface area contributed by atoms with Crippen molar-refractivity contribution in [3.63, 3.8) is 0 Å². The number of nitro benzene ring substituents is 1. The molecule has 32 heavy (non-hydrogen) atoms. The Morgan fingerprint density at radius 1 is 1.16 bits per heavy atom. The van der Waals surface area contributed by atoms with Crippen LogP contribution < -0.4 is 0 Å². The number of carbonyl (C=O) groups is 2. The third-order valence-electron chi connectivity index (χ3n) is 5.12. The van der Waals surface area contributed by atoms with Crippen LogP contribution in [0.15, 0.2) is 57.9 Å². The van der Waals surface area contributed by atoms with Gasteiger partial charge in [0.1, 0.15) is 11.5 Å². The van der Waals surface area contributed by atoms with Gasteiger partial charge in [-0.1, -0.05) is 23.7 Å². The number of furan rings is 1. The number of halogens is 1. The molecule has 2 amide bonds. The summed E-state index contributed by atoms with van der Waals surface area (Å²) in [5.41, 5.74) is 2.69. The number of hydrogen-bond donors (Lipinski definition) is 0. The lowest BCUT2D eigenvalue weighted by atomic mass is 10.0. The first-order valence-corrected chi connectivity index (χ1v) is 10.8. The Kier molecular flexibility index (Phi) is 5.90. The van der Waals surface area contributed by atoms with E-state index in [0.29, 0.717) is 27.7 Å². The largest absolute Gasteiger partial charge is 0.457 e. The summed E-state index contributed by atoms with van der Waals surface area (Å²) in [6.45, 7) is 3.62. The van der Waals surface area contributed by atoms with E-state index in [1.807, 2.05) is 6.07 Å². The monoisotopic (exact) mass is 468 g/mol. The maximum Gasteiger partial charge on any atom is 0.293 e. The maximum absolute atomic E-state index is 12.8. The zero-order chi connectivity index (χ0) is 23.0. The Labute approximate surface area is 192 Å². The lowest BCUT2D eigenvalue weighted by molar-refractivity contribution is -0.385. The van der Waals surface area contributed by atoms with E-state index in [1.165, 1.54) is 12.1 Å². The topological polar surface area (TPSA) is 93.7 Å². The molecule has 1 saturated heterocycles. The minimum Gasteiger partial charge on any atom is -0.457 e. The molecule has 1 aliphatic rings. The molecule has 4 rings (SSSR count). The number of imide groups is 1.